The number of benzene rings is 2. The van der Waals surface area contributed by atoms with Crippen LogP contribution in [0, 0.1) is 0 Å². The monoisotopic (exact) mass is 457 g/mol. The molecule has 0 radical (unpaired) electrons. The summed E-state index contributed by atoms with van der Waals surface area (Å²) in [4.78, 5) is 18.1. The Morgan fingerprint density at radius 2 is 1.63 bits per heavy atom. The Balaban J connectivity index is 1.98. The molecule has 0 fully saturated rings. The second kappa shape index (κ2) is 8.48. The Morgan fingerprint density at radius 1 is 0.900 bits per heavy atom. The van der Waals surface area contributed by atoms with E-state index in [0.717, 1.165) is 5.56 Å². The molecule has 30 heavy (non-hydrogen) atoms. The zero-order chi connectivity index (χ0) is 21.3. The molecule has 0 spiro atoms. The van der Waals surface area contributed by atoms with Crippen LogP contribution in [0.15, 0.2) is 71.5 Å². The van der Waals surface area contributed by atoms with E-state index in [2.05, 4.69) is 10.1 Å². The Labute approximate surface area is 187 Å². The van der Waals surface area contributed by atoms with Gasteiger partial charge in [0, 0.05) is 24.9 Å². The lowest BCUT2D eigenvalue weighted by atomic mass is 10.0. The van der Waals surface area contributed by atoms with Gasteiger partial charge in [0.2, 0.25) is 11.8 Å². The van der Waals surface area contributed by atoms with Crippen molar-refractivity contribution in [2.45, 2.75) is 6.92 Å². The third kappa shape index (κ3) is 3.79. The lowest BCUT2D eigenvalue weighted by Gasteiger charge is -2.20. The fourth-order valence-electron chi connectivity index (χ4n) is 3.11. The highest BCUT2D eigenvalue weighted by molar-refractivity contribution is 6.42. The van der Waals surface area contributed by atoms with Gasteiger partial charge in [0.25, 0.3) is 0 Å². The number of rotatable bonds is 4. The van der Waals surface area contributed by atoms with Gasteiger partial charge in [0.05, 0.1) is 26.3 Å². The molecule has 0 bridgehead atoms. The summed E-state index contributed by atoms with van der Waals surface area (Å²) in [5.74, 6) is -0.0434. The molecule has 0 aliphatic heterocycles. The van der Waals surface area contributed by atoms with Gasteiger partial charge in [-0.1, -0.05) is 58.2 Å². The molecule has 0 aliphatic carbocycles. The normalized spacial score (nSPS) is 10.8. The van der Waals surface area contributed by atoms with Crippen LogP contribution in [-0.4, -0.2) is 16.0 Å². The maximum atomic E-state index is 12.7. The van der Waals surface area contributed by atoms with Crippen molar-refractivity contribution >= 4 is 52.3 Å². The van der Waals surface area contributed by atoms with Gasteiger partial charge in [-0.2, -0.15) is 0 Å². The van der Waals surface area contributed by atoms with E-state index in [1.54, 1.807) is 54.9 Å². The Kier molecular flexibility index (Phi) is 5.77. The average Bonchev–Trinajstić information content (AvgIpc) is 3.16. The average molecular weight is 459 g/mol. The number of halogens is 3. The minimum absolute atomic E-state index is 0.239. The lowest BCUT2D eigenvalue weighted by molar-refractivity contribution is -0.116. The number of aromatic nitrogens is 2. The van der Waals surface area contributed by atoms with Gasteiger partial charge in [-0.05, 0) is 42.0 Å². The van der Waals surface area contributed by atoms with E-state index in [-0.39, 0.29) is 11.8 Å². The molecule has 0 unspecified atom stereocenters. The Morgan fingerprint density at radius 3 is 2.30 bits per heavy atom. The van der Waals surface area contributed by atoms with E-state index in [1.165, 1.54) is 11.8 Å². The van der Waals surface area contributed by atoms with Crippen LogP contribution < -0.4 is 4.90 Å². The van der Waals surface area contributed by atoms with Gasteiger partial charge in [0.15, 0.2) is 0 Å². The van der Waals surface area contributed by atoms with Crippen molar-refractivity contribution in [1.82, 2.24) is 10.1 Å². The fraction of sp³-hybridized carbons (Fsp3) is 0.0455. The standard InChI is InChI=1S/C22H14Cl3N3O2/c1-13(29)28(19-5-3-2-4-17(19)24)22-20(14-8-10-26-11-9-14)21(27-30-22)15-6-7-16(23)18(25)12-15/h2-12H,1H3. The lowest BCUT2D eigenvalue weighted by Crippen LogP contribution is -2.23. The summed E-state index contributed by atoms with van der Waals surface area (Å²) in [5, 5.41) is 5.47. The number of para-hydroxylation sites is 1. The van der Waals surface area contributed by atoms with Crippen LogP contribution in [0.4, 0.5) is 11.6 Å². The molecule has 2 aromatic heterocycles. The summed E-state index contributed by atoms with van der Waals surface area (Å²) in [6.07, 6.45) is 3.30. The first-order chi connectivity index (χ1) is 14.5. The Bertz CT molecular complexity index is 1230. The third-order valence-corrected chi connectivity index (χ3v) is 5.51. The summed E-state index contributed by atoms with van der Waals surface area (Å²) in [6.45, 7) is 1.43. The molecule has 150 valence electrons. The predicted octanol–water partition coefficient (Wildman–Crippen LogP) is 7.05. The van der Waals surface area contributed by atoms with Crippen molar-refractivity contribution in [2.24, 2.45) is 0 Å². The highest BCUT2D eigenvalue weighted by Crippen LogP contribution is 2.44. The predicted molar refractivity (Wildman–Crippen MR) is 119 cm³/mol. The second-order valence-corrected chi connectivity index (χ2v) is 7.60. The maximum Gasteiger partial charge on any atom is 0.247 e. The molecule has 2 heterocycles. The summed E-state index contributed by atoms with van der Waals surface area (Å²) in [5.41, 5.74) is 3.05. The SMILES string of the molecule is CC(=O)N(c1ccccc1Cl)c1onc(-c2ccc(Cl)c(Cl)c2)c1-c1ccncc1. The molecular formula is C22H14Cl3N3O2. The molecule has 1 amide bonds. The van der Waals surface area contributed by atoms with Crippen LogP contribution in [-0.2, 0) is 4.79 Å². The second-order valence-electron chi connectivity index (χ2n) is 6.38. The van der Waals surface area contributed by atoms with Crippen LogP contribution >= 0.6 is 34.8 Å². The number of hydrogen-bond donors (Lipinski definition) is 0. The number of hydrogen-bond acceptors (Lipinski definition) is 4. The molecule has 0 aliphatic rings. The topological polar surface area (TPSA) is 59.2 Å². The zero-order valence-electron chi connectivity index (χ0n) is 15.6. The fourth-order valence-corrected chi connectivity index (χ4v) is 3.63. The van der Waals surface area contributed by atoms with E-state index in [1.807, 2.05) is 12.1 Å². The van der Waals surface area contributed by atoms with Crippen molar-refractivity contribution < 1.29 is 9.32 Å². The molecule has 2 aromatic carbocycles. The highest BCUT2D eigenvalue weighted by atomic mass is 35.5. The van der Waals surface area contributed by atoms with Crippen LogP contribution in [0.2, 0.25) is 15.1 Å². The summed E-state index contributed by atoms with van der Waals surface area (Å²) in [7, 11) is 0. The number of carbonyl (C=O) groups excluding carboxylic acids is 1. The highest BCUT2D eigenvalue weighted by Gasteiger charge is 2.28. The first-order valence-electron chi connectivity index (χ1n) is 8.88. The minimum Gasteiger partial charge on any atom is -0.337 e. The quantitative estimate of drug-likeness (QED) is 0.329. The van der Waals surface area contributed by atoms with Gasteiger partial charge in [-0.25, -0.2) is 4.90 Å². The molecule has 0 saturated heterocycles. The van der Waals surface area contributed by atoms with Crippen molar-refractivity contribution in [3.8, 4) is 22.4 Å². The smallest absolute Gasteiger partial charge is 0.247 e. The van der Waals surface area contributed by atoms with E-state index >= 15 is 0 Å². The van der Waals surface area contributed by atoms with Crippen molar-refractivity contribution in [3.05, 3.63) is 82.1 Å². The van der Waals surface area contributed by atoms with E-state index in [0.29, 0.717) is 37.6 Å². The minimum atomic E-state index is -0.282. The van der Waals surface area contributed by atoms with Crippen molar-refractivity contribution in [2.75, 3.05) is 4.90 Å². The molecule has 0 atom stereocenters. The molecule has 5 nitrogen and oxygen atoms in total. The Hall–Kier alpha value is -2.86. The van der Waals surface area contributed by atoms with Gasteiger partial charge >= 0.3 is 0 Å². The van der Waals surface area contributed by atoms with E-state index < -0.39 is 0 Å². The zero-order valence-corrected chi connectivity index (χ0v) is 17.9. The number of pyridine rings is 1. The first-order valence-corrected chi connectivity index (χ1v) is 10.0. The number of anilines is 2. The number of amides is 1. The first kappa shape index (κ1) is 20.4. The molecule has 0 saturated carbocycles. The largest absolute Gasteiger partial charge is 0.337 e. The van der Waals surface area contributed by atoms with Crippen LogP contribution in [0.5, 0.6) is 0 Å². The van der Waals surface area contributed by atoms with Gasteiger partial charge in [-0.3, -0.25) is 9.78 Å². The molecule has 8 heteroatoms. The molecule has 0 N–H and O–H groups in total. The van der Waals surface area contributed by atoms with Crippen LogP contribution in [0.25, 0.3) is 22.4 Å². The summed E-state index contributed by atoms with van der Waals surface area (Å²) >= 11 is 18.7. The van der Waals surface area contributed by atoms with Gasteiger partial charge in [-0.15, -0.1) is 0 Å². The maximum absolute atomic E-state index is 12.7. The number of nitrogens with zero attached hydrogens (tertiary/aromatic N) is 3. The van der Waals surface area contributed by atoms with Crippen LogP contribution in [0.3, 0.4) is 0 Å². The molecule has 4 rings (SSSR count). The van der Waals surface area contributed by atoms with Crippen molar-refractivity contribution in [3.63, 3.8) is 0 Å². The van der Waals surface area contributed by atoms with Crippen LogP contribution in [0.1, 0.15) is 6.92 Å². The van der Waals surface area contributed by atoms with E-state index in [9.17, 15) is 4.79 Å². The molecular weight excluding hydrogens is 445 g/mol. The van der Waals surface area contributed by atoms with Crippen molar-refractivity contribution in [1.29, 1.82) is 0 Å². The summed E-state index contributed by atoms with van der Waals surface area (Å²) < 4.78 is 5.71. The van der Waals surface area contributed by atoms with Gasteiger partial charge < -0.3 is 4.52 Å². The third-order valence-electron chi connectivity index (χ3n) is 4.45. The number of carbonyl (C=O) groups is 1. The molecule has 4 aromatic rings. The van der Waals surface area contributed by atoms with E-state index in [4.69, 9.17) is 39.3 Å². The summed E-state index contributed by atoms with van der Waals surface area (Å²) in [6, 6.07) is 15.8. The van der Waals surface area contributed by atoms with Gasteiger partial charge in [0.1, 0.15) is 5.69 Å².